The Morgan fingerprint density at radius 1 is 1.38 bits per heavy atom. The lowest BCUT2D eigenvalue weighted by Crippen LogP contribution is -2.26. The number of hydrogen-bond donors (Lipinski definition) is 0. The third-order valence-electron chi connectivity index (χ3n) is 1.95. The monoisotopic (exact) mass is 199 g/mol. The van der Waals surface area contributed by atoms with E-state index in [1.54, 1.807) is 0 Å². The van der Waals surface area contributed by atoms with Crippen LogP contribution in [0.3, 0.4) is 0 Å². The molecule has 0 aliphatic heterocycles. The molecule has 0 aliphatic rings. The molecule has 1 rings (SSSR count). The van der Waals surface area contributed by atoms with Crippen LogP contribution in [-0.2, 0) is 0 Å². The lowest BCUT2D eigenvalue weighted by Gasteiger charge is -2.22. The second kappa shape index (κ2) is 3.92. The molecule has 3 nitrogen and oxygen atoms in total. The van der Waals surface area contributed by atoms with Crippen LogP contribution in [-0.4, -0.2) is 23.1 Å². The number of anilines is 1. The number of hydrogen-bond acceptors (Lipinski definition) is 3. The van der Waals surface area contributed by atoms with Crippen LogP contribution < -0.4 is 4.90 Å². The quantitative estimate of drug-likeness (QED) is 0.685. The molecule has 0 radical (unpaired) electrons. The molecule has 13 heavy (non-hydrogen) atoms. The molecule has 0 unspecified atom stereocenters. The van der Waals surface area contributed by atoms with Gasteiger partial charge in [-0.2, -0.15) is 0 Å². The molecule has 0 amide bonds. The zero-order chi connectivity index (χ0) is 10.0. The molecule has 72 valence electrons. The van der Waals surface area contributed by atoms with E-state index in [9.17, 15) is 0 Å². The highest BCUT2D eigenvalue weighted by Gasteiger charge is 2.07. The summed E-state index contributed by atoms with van der Waals surface area (Å²) in [5, 5.41) is 0.308. The van der Waals surface area contributed by atoms with Crippen LogP contribution in [0.15, 0.2) is 6.07 Å². The van der Waals surface area contributed by atoms with Crippen molar-refractivity contribution in [3.8, 4) is 0 Å². The minimum Gasteiger partial charge on any atom is -0.357 e. The average Bonchev–Trinajstić information content (AvgIpc) is 2.01. The first kappa shape index (κ1) is 10.3. The summed E-state index contributed by atoms with van der Waals surface area (Å²) in [6.07, 6.45) is 0. The molecule has 1 heterocycles. The maximum absolute atomic E-state index is 5.75. The van der Waals surface area contributed by atoms with E-state index in [4.69, 9.17) is 11.6 Å². The molecule has 0 bridgehead atoms. The van der Waals surface area contributed by atoms with Gasteiger partial charge < -0.3 is 4.90 Å². The zero-order valence-corrected chi connectivity index (χ0v) is 9.13. The molecule has 0 aliphatic carbocycles. The van der Waals surface area contributed by atoms with Gasteiger partial charge in [-0.3, -0.25) is 0 Å². The van der Waals surface area contributed by atoms with Crippen molar-refractivity contribution in [1.82, 2.24) is 9.97 Å². The molecule has 0 fully saturated rings. The van der Waals surface area contributed by atoms with E-state index in [2.05, 4.69) is 28.7 Å². The van der Waals surface area contributed by atoms with Crippen LogP contribution in [0, 0.1) is 6.92 Å². The second-order valence-corrected chi connectivity index (χ2v) is 3.68. The van der Waals surface area contributed by atoms with Gasteiger partial charge in [-0.25, -0.2) is 9.97 Å². The maximum atomic E-state index is 5.75. The summed E-state index contributed by atoms with van der Waals surface area (Å²) < 4.78 is 0. The van der Waals surface area contributed by atoms with E-state index >= 15 is 0 Å². The lowest BCUT2D eigenvalue weighted by molar-refractivity contribution is 0.740. The van der Waals surface area contributed by atoms with Crippen LogP contribution in [0.4, 0.5) is 5.82 Å². The molecule has 0 spiro atoms. The largest absolute Gasteiger partial charge is 0.357 e. The van der Waals surface area contributed by atoms with Crippen molar-refractivity contribution in [3.05, 3.63) is 17.0 Å². The molecule has 0 saturated heterocycles. The van der Waals surface area contributed by atoms with Crippen molar-refractivity contribution in [2.24, 2.45) is 0 Å². The zero-order valence-electron chi connectivity index (χ0n) is 8.37. The Kier molecular flexibility index (Phi) is 3.09. The van der Waals surface area contributed by atoms with Crippen LogP contribution in [0.5, 0.6) is 0 Å². The summed E-state index contributed by atoms with van der Waals surface area (Å²) in [5.41, 5.74) is 0.891. The summed E-state index contributed by atoms with van der Waals surface area (Å²) in [7, 11) is 1.99. The predicted octanol–water partition coefficient (Wildman–Crippen LogP) is 2.28. The van der Waals surface area contributed by atoms with Crippen LogP contribution >= 0.6 is 11.6 Å². The Balaban J connectivity index is 3.01. The van der Waals surface area contributed by atoms with Gasteiger partial charge in [0.15, 0.2) is 0 Å². The summed E-state index contributed by atoms with van der Waals surface area (Å²) in [5.74, 6) is 0.868. The van der Waals surface area contributed by atoms with Crippen molar-refractivity contribution < 1.29 is 0 Å². The fourth-order valence-electron chi connectivity index (χ4n) is 0.962. The summed E-state index contributed by atoms with van der Waals surface area (Å²) >= 11 is 5.75. The van der Waals surface area contributed by atoms with Crippen molar-refractivity contribution >= 4 is 17.4 Å². The van der Waals surface area contributed by atoms with E-state index in [-0.39, 0.29) is 0 Å². The van der Waals surface area contributed by atoms with Crippen molar-refractivity contribution in [2.75, 3.05) is 11.9 Å². The average molecular weight is 200 g/mol. The van der Waals surface area contributed by atoms with E-state index in [1.165, 1.54) is 0 Å². The van der Waals surface area contributed by atoms with Crippen LogP contribution in [0.2, 0.25) is 5.28 Å². The first-order valence-electron chi connectivity index (χ1n) is 4.24. The highest BCUT2D eigenvalue weighted by molar-refractivity contribution is 6.28. The van der Waals surface area contributed by atoms with E-state index in [0.29, 0.717) is 11.3 Å². The summed E-state index contributed by atoms with van der Waals surface area (Å²) in [6.45, 7) is 6.11. The standard InChI is InChI=1S/C9H14ClN3/c1-6(2)13(4)8-5-7(3)11-9(10)12-8/h5-6H,1-4H3. The number of halogens is 1. The topological polar surface area (TPSA) is 29.0 Å². The Labute approximate surface area is 83.8 Å². The molecule has 0 saturated carbocycles. The number of aromatic nitrogens is 2. The SMILES string of the molecule is Cc1cc(N(C)C(C)C)nc(Cl)n1. The fraction of sp³-hybridized carbons (Fsp3) is 0.556. The smallest absolute Gasteiger partial charge is 0.224 e. The van der Waals surface area contributed by atoms with Gasteiger partial charge in [-0.05, 0) is 32.4 Å². The van der Waals surface area contributed by atoms with Gasteiger partial charge in [-0.1, -0.05) is 0 Å². The molecule has 1 aromatic heterocycles. The fourth-order valence-corrected chi connectivity index (χ4v) is 1.18. The highest BCUT2D eigenvalue weighted by atomic mass is 35.5. The first-order valence-corrected chi connectivity index (χ1v) is 4.62. The second-order valence-electron chi connectivity index (χ2n) is 3.34. The number of nitrogens with zero attached hydrogens (tertiary/aromatic N) is 3. The van der Waals surface area contributed by atoms with E-state index in [0.717, 1.165) is 11.5 Å². The van der Waals surface area contributed by atoms with Gasteiger partial charge in [0.1, 0.15) is 5.82 Å². The van der Waals surface area contributed by atoms with Crippen LogP contribution in [0.1, 0.15) is 19.5 Å². The van der Waals surface area contributed by atoms with Gasteiger partial charge in [0.2, 0.25) is 5.28 Å². The molecule has 1 aromatic rings. The summed E-state index contributed by atoms with van der Waals surface area (Å²) in [6, 6.07) is 2.33. The van der Waals surface area contributed by atoms with Gasteiger partial charge in [-0.15, -0.1) is 0 Å². The van der Waals surface area contributed by atoms with Gasteiger partial charge in [0, 0.05) is 24.8 Å². The van der Waals surface area contributed by atoms with Crippen molar-refractivity contribution in [2.45, 2.75) is 26.8 Å². The Hall–Kier alpha value is -0.830. The van der Waals surface area contributed by atoms with Gasteiger partial charge in [0.05, 0.1) is 0 Å². The molecule has 0 aromatic carbocycles. The first-order chi connectivity index (χ1) is 6.00. The number of rotatable bonds is 2. The van der Waals surface area contributed by atoms with E-state index in [1.807, 2.05) is 20.0 Å². The van der Waals surface area contributed by atoms with Gasteiger partial charge >= 0.3 is 0 Å². The van der Waals surface area contributed by atoms with Crippen LogP contribution in [0.25, 0.3) is 0 Å². The summed E-state index contributed by atoms with van der Waals surface area (Å²) in [4.78, 5) is 10.2. The Morgan fingerprint density at radius 2 is 2.00 bits per heavy atom. The highest BCUT2D eigenvalue weighted by Crippen LogP contribution is 2.15. The normalized spacial score (nSPS) is 10.6. The molecule has 0 atom stereocenters. The minimum absolute atomic E-state index is 0.308. The Bertz CT molecular complexity index is 279. The van der Waals surface area contributed by atoms with Crippen molar-refractivity contribution in [1.29, 1.82) is 0 Å². The molecule has 0 N–H and O–H groups in total. The minimum atomic E-state index is 0.308. The maximum Gasteiger partial charge on any atom is 0.224 e. The number of aryl methyl sites for hydroxylation is 1. The van der Waals surface area contributed by atoms with Crippen molar-refractivity contribution in [3.63, 3.8) is 0 Å². The third kappa shape index (κ3) is 2.56. The lowest BCUT2D eigenvalue weighted by atomic mass is 10.3. The predicted molar refractivity (Wildman–Crippen MR) is 55.3 cm³/mol. The van der Waals surface area contributed by atoms with Gasteiger partial charge in [0.25, 0.3) is 0 Å². The van der Waals surface area contributed by atoms with E-state index < -0.39 is 0 Å². The molecule has 4 heteroatoms. The molecular weight excluding hydrogens is 186 g/mol. The molecular formula is C9H14ClN3. The Morgan fingerprint density at radius 3 is 2.46 bits per heavy atom. The third-order valence-corrected chi connectivity index (χ3v) is 2.12.